The molecule has 3 heteroatoms. The summed E-state index contributed by atoms with van der Waals surface area (Å²) < 4.78 is 6.75. The van der Waals surface area contributed by atoms with Gasteiger partial charge in [-0.15, -0.1) is 0 Å². The maximum atomic E-state index is 6.75. The molecule has 0 spiro atoms. The van der Waals surface area contributed by atoms with Crippen molar-refractivity contribution in [1.82, 2.24) is 5.06 Å². The third-order valence-electron chi connectivity index (χ3n) is 14.2. The van der Waals surface area contributed by atoms with Crippen LogP contribution in [0.5, 0.6) is 0 Å². The minimum atomic E-state index is 0.107. The molecule has 0 unspecified atom stereocenters. The van der Waals surface area contributed by atoms with Gasteiger partial charge in [-0.3, -0.25) is 0 Å². The molecule has 0 radical (unpaired) electrons. The van der Waals surface area contributed by atoms with Crippen molar-refractivity contribution in [2.45, 2.75) is 124 Å². The second-order valence-electron chi connectivity index (χ2n) is 15.8. The first-order valence-corrected chi connectivity index (χ1v) is 14.8. The molecule has 2 aliphatic heterocycles. The minimum Gasteiger partial charge on any atom is -0.377 e. The molecule has 6 aliphatic rings. The molecule has 2 saturated heterocycles. The van der Waals surface area contributed by atoms with Gasteiger partial charge >= 0.3 is 0 Å². The number of hydrogen-bond donors (Lipinski definition) is 0. The van der Waals surface area contributed by atoms with Crippen LogP contribution >= 0.6 is 0 Å². The van der Waals surface area contributed by atoms with Gasteiger partial charge in [0.15, 0.2) is 0 Å². The Kier molecular flexibility index (Phi) is 5.17. The normalized spacial score (nSPS) is 55.9. The van der Waals surface area contributed by atoms with Gasteiger partial charge in [0.05, 0.1) is 19.8 Å². The van der Waals surface area contributed by atoms with Gasteiger partial charge in [-0.2, -0.15) is 5.06 Å². The lowest BCUT2D eigenvalue weighted by Crippen LogP contribution is -2.67. The molecular formula is C31H53NO2. The number of ether oxygens (including phenoxy) is 1. The van der Waals surface area contributed by atoms with E-state index in [0.717, 1.165) is 30.9 Å². The lowest BCUT2D eigenvalue weighted by atomic mass is 9.32. The van der Waals surface area contributed by atoms with E-state index in [2.05, 4.69) is 53.5 Å². The van der Waals surface area contributed by atoms with Crippen molar-refractivity contribution in [3.05, 3.63) is 0 Å². The smallest absolute Gasteiger partial charge is 0.0663 e. The van der Waals surface area contributed by atoms with E-state index < -0.39 is 0 Å². The summed E-state index contributed by atoms with van der Waals surface area (Å²) in [4.78, 5) is 5.98. The second kappa shape index (κ2) is 7.25. The third kappa shape index (κ3) is 2.76. The summed E-state index contributed by atoms with van der Waals surface area (Å²) in [7, 11) is 1.89. The van der Waals surface area contributed by atoms with Gasteiger partial charge < -0.3 is 9.57 Å². The van der Waals surface area contributed by atoms with Crippen LogP contribution in [0.15, 0.2) is 0 Å². The van der Waals surface area contributed by atoms with E-state index in [0.29, 0.717) is 39.1 Å². The topological polar surface area (TPSA) is 21.7 Å². The van der Waals surface area contributed by atoms with Crippen molar-refractivity contribution < 1.29 is 9.57 Å². The van der Waals surface area contributed by atoms with Crippen molar-refractivity contribution in [3.8, 4) is 0 Å². The lowest BCUT2D eigenvalue weighted by molar-refractivity contribution is -0.255. The summed E-state index contributed by atoms with van der Waals surface area (Å²) in [6.45, 7) is 20.4. The van der Waals surface area contributed by atoms with E-state index in [-0.39, 0.29) is 5.54 Å². The maximum Gasteiger partial charge on any atom is 0.0663 e. The van der Waals surface area contributed by atoms with Gasteiger partial charge in [0, 0.05) is 12.1 Å². The van der Waals surface area contributed by atoms with E-state index in [1.165, 1.54) is 64.2 Å². The monoisotopic (exact) mass is 471 g/mol. The molecule has 2 bridgehead atoms. The van der Waals surface area contributed by atoms with Crippen molar-refractivity contribution in [2.24, 2.45) is 50.7 Å². The summed E-state index contributed by atoms with van der Waals surface area (Å²) >= 11 is 0. The van der Waals surface area contributed by atoms with Crippen LogP contribution in [0.4, 0.5) is 0 Å². The fraction of sp³-hybridized carbons (Fsp3) is 1.00. The molecule has 0 aromatic heterocycles. The Morgan fingerprint density at radius 1 is 0.765 bits per heavy atom. The highest BCUT2D eigenvalue weighted by Crippen LogP contribution is 2.77. The standard InChI is InChI=1S/C31H53NO2/c1-26(2)15-17-31-18-16-29(6)21(24(31)25(26)34-20-31)10-11-23-28(5)13-9-19-32(33-8)27(3,4)22(28)12-14-30(23,29)7/h21-25H,9-20H2,1-8H3/t21-,22+,23-,24+,25-,28+,29-,30-,31-/m1/s1. The van der Waals surface area contributed by atoms with Gasteiger partial charge in [-0.05, 0) is 129 Å². The fourth-order valence-electron chi connectivity index (χ4n) is 12.2. The largest absolute Gasteiger partial charge is 0.377 e. The molecule has 3 nitrogen and oxygen atoms in total. The highest BCUT2D eigenvalue weighted by molar-refractivity contribution is 5.21. The van der Waals surface area contributed by atoms with E-state index in [1.807, 2.05) is 7.11 Å². The molecular weight excluding hydrogens is 418 g/mol. The fourth-order valence-corrected chi connectivity index (χ4v) is 12.2. The maximum absolute atomic E-state index is 6.75. The number of fused-ring (bicyclic) bond motifs is 5. The number of hydrogen-bond acceptors (Lipinski definition) is 3. The summed E-state index contributed by atoms with van der Waals surface area (Å²) in [5.41, 5.74) is 2.26. The van der Waals surface area contributed by atoms with Crippen LogP contribution in [0.25, 0.3) is 0 Å². The Balaban J connectivity index is 1.39. The number of hydroxylamine groups is 2. The van der Waals surface area contributed by atoms with Crippen LogP contribution in [0.1, 0.15) is 113 Å². The zero-order valence-electron chi connectivity index (χ0n) is 23.6. The highest BCUT2D eigenvalue weighted by atomic mass is 16.7. The number of nitrogens with zero attached hydrogens (tertiary/aromatic N) is 1. The first kappa shape index (κ1) is 24.2. The number of rotatable bonds is 1. The molecule has 4 aliphatic carbocycles. The summed E-state index contributed by atoms with van der Waals surface area (Å²) in [6, 6.07) is 0. The Morgan fingerprint density at radius 2 is 1.50 bits per heavy atom. The van der Waals surface area contributed by atoms with Gasteiger partial charge in [0.2, 0.25) is 0 Å². The highest BCUT2D eigenvalue weighted by Gasteiger charge is 2.72. The minimum absolute atomic E-state index is 0.107. The average Bonchev–Trinajstić information content (AvgIpc) is 3.05. The summed E-state index contributed by atoms with van der Waals surface area (Å²) in [5, 5.41) is 2.34. The van der Waals surface area contributed by atoms with Crippen molar-refractivity contribution in [2.75, 3.05) is 20.3 Å². The molecule has 4 saturated carbocycles. The molecule has 34 heavy (non-hydrogen) atoms. The predicted molar refractivity (Wildman–Crippen MR) is 138 cm³/mol. The molecule has 6 fully saturated rings. The quantitative estimate of drug-likeness (QED) is 0.395. The van der Waals surface area contributed by atoms with Crippen LogP contribution in [-0.2, 0) is 9.57 Å². The molecule has 194 valence electrons. The van der Waals surface area contributed by atoms with Gasteiger partial charge in [-0.1, -0.05) is 34.6 Å². The SMILES string of the molecule is CON1CCC[C@]2(C)[C@H]3CC[C@@H]4[C@H]5[C@H]6OC[C@@]5(CCC6(C)C)CC[C@@]4(C)[C@]3(C)CC[C@H]2C1(C)C. The summed E-state index contributed by atoms with van der Waals surface area (Å²) in [5.74, 6) is 3.20. The Bertz CT molecular complexity index is 837. The Labute approximate surface area is 210 Å². The van der Waals surface area contributed by atoms with Crippen molar-refractivity contribution in [1.29, 1.82) is 0 Å². The first-order valence-electron chi connectivity index (χ1n) is 14.8. The van der Waals surface area contributed by atoms with Crippen LogP contribution in [0.3, 0.4) is 0 Å². The van der Waals surface area contributed by atoms with Crippen LogP contribution in [0.2, 0.25) is 0 Å². The zero-order chi connectivity index (χ0) is 24.4. The van der Waals surface area contributed by atoms with E-state index in [1.54, 1.807) is 0 Å². The zero-order valence-corrected chi connectivity index (χ0v) is 23.6. The molecule has 2 heterocycles. The van der Waals surface area contributed by atoms with E-state index in [9.17, 15) is 0 Å². The Morgan fingerprint density at radius 3 is 2.24 bits per heavy atom. The van der Waals surface area contributed by atoms with Gasteiger partial charge in [0.25, 0.3) is 0 Å². The predicted octanol–water partition coefficient (Wildman–Crippen LogP) is 7.49. The van der Waals surface area contributed by atoms with Crippen LogP contribution in [0, 0.1) is 50.7 Å². The lowest BCUT2D eigenvalue weighted by Gasteiger charge is -2.72. The van der Waals surface area contributed by atoms with Crippen molar-refractivity contribution >= 4 is 0 Å². The molecule has 0 amide bonds. The average molecular weight is 472 g/mol. The van der Waals surface area contributed by atoms with Gasteiger partial charge in [0.1, 0.15) is 0 Å². The summed E-state index contributed by atoms with van der Waals surface area (Å²) in [6.07, 6.45) is 14.4. The van der Waals surface area contributed by atoms with E-state index >= 15 is 0 Å². The van der Waals surface area contributed by atoms with Gasteiger partial charge in [-0.25, -0.2) is 0 Å². The molecule has 9 atom stereocenters. The molecule has 6 rings (SSSR count). The second-order valence-corrected chi connectivity index (χ2v) is 15.8. The first-order chi connectivity index (χ1) is 15.9. The van der Waals surface area contributed by atoms with Crippen molar-refractivity contribution in [3.63, 3.8) is 0 Å². The Hall–Kier alpha value is -0.120. The molecule has 0 aromatic rings. The molecule has 0 aromatic carbocycles. The van der Waals surface area contributed by atoms with Crippen LogP contribution in [-0.4, -0.2) is 37.0 Å². The van der Waals surface area contributed by atoms with Crippen LogP contribution < -0.4 is 0 Å². The molecule has 0 N–H and O–H groups in total. The third-order valence-corrected chi connectivity index (χ3v) is 14.2. The van der Waals surface area contributed by atoms with E-state index in [4.69, 9.17) is 9.57 Å².